The Morgan fingerprint density at radius 1 is 0.974 bits per heavy atom. The molecule has 1 aliphatic heterocycles. The lowest BCUT2D eigenvalue weighted by molar-refractivity contribution is -0.255. The van der Waals surface area contributed by atoms with Crippen molar-refractivity contribution in [1.82, 2.24) is 5.32 Å². The van der Waals surface area contributed by atoms with Gasteiger partial charge in [-0.2, -0.15) is 0 Å². The second-order valence-electron chi connectivity index (χ2n) is 11.0. The van der Waals surface area contributed by atoms with Crippen LogP contribution in [0.2, 0.25) is 0 Å². The van der Waals surface area contributed by atoms with Crippen molar-refractivity contribution in [3.05, 3.63) is 54.1 Å². The number of hydrogen-bond donors (Lipinski definition) is 2. The molecule has 3 amide bonds. The van der Waals surface area contributed by atoms with Gasteiger partial charge in [-0.15, -0.1) is 0 Å². The van der Waals surface area contributed by atoms with Gasteiger partial charge in [0.15, 0.2) is 5.78 Å². The molecule has 2 N–H and O–H groups in total. The maximum absolute atomic E-state index is 13.9. The van der Waals surface area contributed by atoms with Gasteiger partial charge in [0.1, 0.15) is 6.04 Å². The van der Waals surface area contributed by atoms with E-state index in [9.17, 15) is 24.3 Å². The molecule has 0 spiro atoms. The summed E-state index contributed by atoms with van der Waals surface area (Å²) >= 11 is 0. The number of rotatable bonds is 6. The summed E-state index contributed by atoms with van der Waals surface area (Å²) in [5, 5.41) is 16.6. The third kappa shape index (κ3) is 6.15. The summed E-state index contributed by atoms with van der Waals surface area (Å²) in [7, 11) is 0. The largest absolute Gasteiger partial charge is 0.545 e. The van der Waals surface area contributed by atoms with E-state index in [-0.39, 0.29) is 42.1 Å². The predicted octanol–water partition coefficient (Wildman–Crippen LogP) is 3.34. The monoisotopic (exact) mass is 519 g/mol. The summed E-state index contributed by atoms with van der Waals surface area (Å²) in [5.41, 5.74) is 1.08. The zero-order valence-electron chi connectivity index (χ0n) is 22.2. The van der Waals surface area contributed by atoms with Gasteiger partial charge in [-0.25, -0.2) is 4.79 Å². The van der Waals surface area contributed by atoms with Crippen LogP contribution >= 0.6 is 0 Å². The number of fused-ring (bicyclic) bond motifs is 1. The number of ketones is 1. The number of anilines is 3. The smallest absolute Gasteiger partial charge is 0.319 e. The van der Waals surface area contributed by atoms with E-state index in [0.29, 0.717) is 5.69 Å². The molecule has 38 heavy (non-hydrogen) atoms. The van der Waals surface area contributed by atoms with Crippen LogP contribution in [0, 0.1) is 5.41 Å². The number of nitrogens with zero attached hydrogens (tertiary/aromatic N) is 2. The maximum Gasteiger partial charge on any atom is 0.319 e. The van der Waals surface area contributed by atoms with E-state index in [0.717, 1.165) is 31.4 Å². The van der Waals surface area contributed by atoms with Crippen LogP contribution in [-0.4, -0.2) is 48.9 Å². The summed E-state index contributed by atoms with van der Waals surface area (Å²) in [6.45, 7) is 5.62. The molecule has 0 bridgehead atoms. The molecule has 1 aliphatic carbocycles. The summed E-state index contributed by atoms with van der Waals surface area (Å²) in [6, 6.07) is 12.0. The third-order valence-corrected chi connectivity index (χ3v) is 7.24. The quantitative estimate of drug-likeness (QED) is 0.604. The van der Waals surface area contributed by atoms with Crippen LogP contribution in [0.15, 0.2) is 48.5 Å². The number of carboxylic acid groups (broad SMARTS) is 1. The molecular formula is C29H35N4O5-. The Bertz CT molecular complexity index is 1220. The van der Waals surface area contributed by atoms with Crippen LogP contribution in [0.4, 0.5) is 21.9 Å². The Balaban J connectivity index is 1.65. The highest BCUT2D eigenvalue weighted by Crippen LogP contribution is 2.37. The van der Waals surface area contributed by atoms with Crippen molar-refractivity contribution < 1.29 is 24.3 Å². The second-order valence-corrected chi connectivity index (χ2v) is 11.0. The fourth-order valence-corrected chi connectivity index (χ4v) is 5.05. The Labute approximate surface area is 223 Å². The van der Waals surface area contributed by atoms with Crippen LogP contribution < -0.4 is 25.5 Å². The van der Waals surface area contributed by atoms with Crippen molar-refractivity contribution in [2.75, 3.05) is 28.2 Å². The number of para-hydroxylation sites is 2. The number of aromatic carboxylic acids is 1. The number of carboxylic acids is 1. The molecule has 1 heterocycles. The van der Waals surface area contributed by atoms with Gasteiger partial charge in [-0.05, 0) is 42.7 Å². The average molecular weight is 520 g/mol. The van der Waals surface area contributed by atoms with Crippen molar-refractivity contribution in [3.63, 3.8) is 0 Å². The third-order valence-electron chi connectivity index (χ3n) is 7.24. The molecule has 202 valence electrons. The maximum atomic E-state index is 13.9. The summed E-state index contributed by atoms with van der Waals surface area (Å²) < 4.78 is 0. The molecule has 0 unspecified atom stereocenters. The lowest BCUT2D eigenvalue weighted by Crippen LogP contribution is -2.55. The number of Topliss-reactive ketones (excluding diaryl/α,β-unsaturated/α-hetero) is 1. The molecule has 2 aromatic carbocycles. The predicted molar refractivity (Wildman–Crippen MR) is 144 cm³/mol. The van der Waals surface area contributed by atoms with E-state index in [2.05, 4.69) is 15.5 Å². The summed E-state index contributed by atoms with van der Waals surface area (Å²) in [5.74, 6) is -1.81. The van der Waals surface area contributed by atoms with E-state index in [1.807, 2.05) is 45.0 Å². The number of carbonyl (C=O) groups excluding carboxylic acids is 4. The number of amides is 3. The molecule has 1 atom stereocenters. The first-order valence-corrected chi connectivity index (χ1v) is 13.1. The van der Waals surface area contributed by atoms with Crippen LogP contribution in [0.5, 0.6) is 0 Å². The van der Waals surface area contributed by atoms with Gasteiger partial charge in [0.05, 0.1) is 23.9 Å². The molecule has 1 fully saturated rings. The number of urea groups is 1. The fourth-order valence-electron chi connectivity index (χ4n) is 5.05. The van der Waals surface area contributed by atoms with Crippen molar-refractivity contribution in [2.45, 2.75) is 65.0 Å². The van der Waals surface area contributed by atoms with E-state index >= 15 is 0 Å². The number of nitrogens with one attached hydrogen (secondary N) is 2. The molecule has 2 aromatic rings. The van der Waals surface area contributed by atoms with Gasteiger partial charge < -0.3 is 30.3 Å². The van der Waals surface area contributed by atoms with Crippen LogP contribution in [0.1, 0.15) is 63.2 Å². The molecule has 1 saturated carbocycles. The van der Waals surface area contributed by atoms with Crippen molar-refractivity contribution in [1.29, 1.82) is 0 Å². The number of benzene rings is 2. The van der Waals surface area contributed by atoms with Crippen LogP contribution in [0.25, 0.3) is 0 Å². The Morgan fingerprint density at radius 2 is 1.66 bits per heavy atom. The highest BCUT2D eigenvalue weighted by molar-refractivity contribution is 6.08. The number of hydrogen-bond acceptors (Lipinski definition) is 6. The minimum atomic E-state index is -1.35. The molecule has 2 aliphatic rings. The van der Waals surface area contributed by atoms with Crippen LogP contribution in [-0.2, 0) is 9.59 Å². The number of carbonyl (C=O) groups is 4. The van der Waals surface area contributed by atoms with E-state index in [1.54, 1.807) is 6.07 Å². The SMILES string of the molecule is CC(C)(C)C(=O)CN1C(=O)[C@H](NC(=O)Nc2cccc(C(=O)[O-])c2)CN(C2CCCCC2)c2ccccc21. The summed E-state index contributed by atoms with van der Waals surface area (Å²) in [4.78, 5) is 55.0. The van der Waals surface area contributed by atoms with E-state index in [1.165, 1.54) is 29.5 Å². The van der Waals surface area contributed by atoms with Crippen molar-refractivity contribution in [3.8, 4) is 0 Å². The molecule has 0 radical (unpaired) electrons. The van der Waals surface area contributed by atoms with Gasteiger partial charge in [0.2, 0.25) is 0 Å². The molecule has 9 nitrogen and oxygen atoms in total. The lowest BCUT2D eigenvalue weighted by Gasteiger charge is -2.37. The van der Waals surface area contributed by atoms with Gasteiger partial charge in [-0.1, -0.05) is 64.3 Å². The van der Waals surface area contributed by atoms with Gasteiger partial charge >= 0.3 is 6.03 Å². The molecule has 0 aromatic heterocycles. The first-order valence-electron chi connectivity index (χ1n) is 13.1. The Hall–Kier alpha value is -3.88. The van der Waals surface area contributed by atoms with Crippen molar-refractivity contribution >= 4 is 40.8 Å². The minimum absolute atomic E-state index is 0.0702. The van der Waals surface area contributed by atoms with Gasteiger partial charge in [-0.3, -0.25) is 9.59 Å². The first kappa shape index (κ1) is 27.2. The zero-order valence-corrected chi connectivity index (χ0v) is 22.2. The molecule has 4 rings (SSSR count). The van der Waals surface area contributed by atoms with E-state index in [4.69, 9.17) is 0 Å². The molecular weight excluding hydrogens is 484 g/mol. The van der Waals surface area contributed by atoms with Gasteiger partial charge in [0.25, 0.3) is 5.91 Å². The average Bonchev–Trinajstić information content (AvgIpc) is 2.99. The van der Waals surface area contributed by atoms with Gasteiger partial charge in [0, 0.05) is 23.7 Å². The van der Waals surface area contributed by atoms with E-state index < -0.39 is 23.5 Å². The topological polar surface area (TPSA) is 122 Å². The summed E-state index contributed by atoms with van der Waals surface area (Å²) in [6.07, 6.45) is 5.33. The van der Waals surface area contributed by atoms with Crippen molar-refractivity contribution in [2.24, 2.45) is 5.41 Å². The minimum Gasteiger partial charge on any atom is -0.545 e. The highest BCUT2D eigenvalue weighted by atomic mass is 16.4. The normalized spacial score (nSPS) is 18.4. The molecule has 0 saturated heterocycles. The second kappa shape index (κ2) is 11.2. The Morgan fingerprint density at radius 3 is 2.32 bits per heavy atom. The Kier molecular flexibility index (Phi) is 8.04. The molecule has 9 heteroatoms. The first-order chi connectivity index (χ1) is 18.0. The van der Waals surface area contributed by atoms with Crippen LogP contribution in [0.3, 0.4) is 0 Å². The zero-order chi connectivity index (χ0) is 27.4. The highest BCUT2D eigenvalue weighted by Gasteiger charge is 2.39. The lowest BCUT2D eigenvalue weighted by atomic mass is 9.90. The standard InChI is InChI=1S/C29H36N4O5/c1-29(2,3)25(34)18-33-24-15-8-7-14-23(24)32(21-12-5-4-6-13-21)17-22(26(33)35)31-28(38)30-20-11-9-10-19(16-20)27(36)37/h7-11,14-16,21-22H,4-6,12-13,17-18H2,1-3H3,(H,36,37)(H2,30,31,38)/p-1/t22-/m1/s1. The fraction of sp³-hybridized carbons (Fsp3) is 0.448.